The monoisotopic (exact) mass is 676 g/mol. The fourth-order valence-corrected chi connectivity index (χ4v) is 7.59. The maximum atomic E-state index is 13.3. The van der Waals surface area contributed by atoms with Crippen molar-refractivity contribution in [2.45, 2.75) is 57.8 Å². The second kappa shape index (κ2) is 14.4. The van der Waals surface area contributed by atoms with Crippen LogP contribution in [-0.4, -0.2) is 71.7 Å². The molecule has 2 aliphatic rings. The predicted octanol–water partition coefficient (Wildman–Crippen LogP) is 1.94. The van der Waals surface area contributed by atoms with Gasteiger partial charge in [0.15, 0.2) is 0 Å². The van der Waals surface area contributed by atoms with Gasteiger partial charge in [-0.1, -0.05) is 6.92 Å². The van der Waals surface area contributed by atoms with E-state index in [2.05, 4.69) is 49.0 Å². The highest BCUT2D eigenvalue weighted by Gasteiger charge is 2.39. The average molecular weight is 678 g/mol. The van der Waals surface area contributed by atoms with Crippen LogP contribution in [0.15, 0.2) is 39.0 Å². The Kier molecular flexibility index (Phi) is 10.9. The molecule has 0 radical (unpaired) electrons. The van der Waals surface area contributed by atoms with Crippen LogP contribution in [0.1, 0.15) is 48.7 Å². The number of carbonyl (C=O) groups excluding carboxylic acids is 5. The van der Waals surface area contributed by atoms with Crippen LogP contribution in [0.2, 0.25) is 0 Å². The molecular weight excluding hydrogens is 640 g/mol. The first kappa shape index (κ1) is 32.6. The zero-order valence-electron chi connectivity index (χ0n) is 24.4. The summed E-state index contributed by atoms with van der Waals surface area (Å²) in [6.45, 7) is 2.94. The molecule has 14 heteroatoms. The van der Waals surface area contributed by atoms with E-state index in [-0.39, 0.29) is 37.1 Å². The Hall–Kier alpha value is -3.36. The van der Waals surface area contributed by atoms with E-state index < -0.39 is 35.1 Å². The van der Waals surface area contributed by atoms with Gasteiger partial charge in [0, 0.05) is 30.7 Å². The fraction of sp³-hybridized carbons (Fsp3) is 0.517. The van der Waals surface area contributed by atoms with Crippen molar-refractivity contribution in [3.05, 3.63) is 49.5 Å². The molecule has 1 aliphatic carbocycles. The first-order valence-electron chi connectivity index (χ1n) is 14.3. The number of nitrogens with zero attached hydrogens (tertiary/aromatic N) is 2. The lowest BCUT2D eigenvalue weighted by molar-refractivity contribution is -0.137. The molecule has 0 aromatic carbocycles. The van der Waals surface area contributed by atoms with E-state index in [4.69, 9.17) is 0 Å². The minimum absolute atomic E-state index is 0.0896. The van der Waals surface area contributed by atoms with Gasteiger partial charge < -0.3 is 25.8 Å². The van der Waals surface area contributed by atoms with Crippen LogP contribution in [0.3, 0.4) is 0 Å². The number of piperidine rings is 1. The maximum absolute atomic E-state index is 13.3. The highest BCUT2D eigenvalue weighted by atomic mass is 79.9. The molecule has 2 aromatic rings. The summed E-state index contributed by atoms with van der Waals surface area (Å²) in [6, 6.07) is 3.40. The maximum Gasteiger partial charge on any atom is 0.287 e. The van der Waals surface area contributed by atoms with Crippen LogP contribution in [0.4, 0.5) is 5.69 Å². The number of aromatic nitrogens is 1. The van der Waals surface area contributed by atoms with Crippen molar-refractivity contribution in [3.63, 3.8) is 0 Å². The Morgan fingerprint density at radius 2 is 1.91 bits per heavy atom. The van der Waals surface area contributed by atoms with Crippen molar-refractivity contribution >= 4 is 62.4 Å². The van der Waals surface area contributed by atoms with Gasteiger partial charge in [-0.3, -0.25) is 33.7 Å². The molecule has 2 fully saturated rings. The number of fused-ring (bicyclic) bond motifs is 2. The van der Waals surface area contributed by atoms with Crippen LogP contribution in [0.25, 0.3) is 0 Å². The Balaban J connectivity index is 1.44. The van der Waals surface area contributed by atoms with Crippen LogP contribution in [0.5, 0.6) is 0 Å². The molecule has 43 heavy (non-hydrogen) atoms. The number of likely N-dealkylation sites (tertiary alicyclic amines) is 1. The zero-order chi connectivity index (χ0) is 31.3. The third-order valence-corrected chi connectivity index (χ3v) is 9.87. The number of rotatable bonds is 11. The first-order chi connectivity index (χ1) is 20.5. The van der Waals surface area contributed by atoms with Crippen molar-refractivity contribution in [1.29, 1.82) is 0 Å². The molecule has 3 heterocycles. The second-order valence-corrected chi connectivity index (χ2v) is 13.2. The molecule has 4 unspecified atom stereocenters. The summed E-state index contributed by atoms with van der Waals surface area (Å²) >= 11 is 4.45. The Bertz CT molecular complexity index is 1440. The molecule has 0 spiro atoms. The summed E-state index contributed by atoms with van der Waals surface area (Å²) in [5.74, 6) is -1.55. The Morgan fingerprint density at radius 3 is 2.60 bits per heavy atom. The van der Waals surface area contributed by atoms with E-state index >= 15 is 0 Å². The van der Waals surface area contributed by atoms with E-state index in [0.717, 1.165) is 30.7 Å². The Morgan fingerprint density at radius 1 is 1.14 bits per heavy atom. The van der Waals surface area contributed by atoms with Gasteiger partial charge in [-0.05, 0) is 90.0 Å². The number of carbonyl (C=O) groups is 5. The molecular formula is C29H37BrN6O6S. The number of halogens is 1. The van der Waals surface area contributed by atoms with Crippen LogP contribution in [-0.2, 0) is 25.7 Å². The summed E-state index contributed by atoms with van der Waals surface area (Å²) < 4.78 is 1.75. The number of anilines is 1. The van der Waals surface area contributed by atoms with Gasteiger partial charge in [0.05, 0.1) is 6.17 Å². The summed E-state index contributed by atoms with van der Waals surface area (Å²) in [6.07, 6.45) is 4.22. The largest absolute Gasteiger partial charge is 0.353 e. The number of nitrogens with one attached hydrogen (secondary N) is 4. The number of amides is 4. The van der Waals surface area contributed by atoms with Crippen molar-refractivity contribution in [2.75, 3.05) is 26.0 Å². The molecule has 4 N–H and O–H groups in total. The number of hydrogen-bond donors (Lipinski definition) is 4. The van der Waals surface area contributed by atoms with E-state index in [9.17, 15) is 28.8 Å². The summed E-state index contributed by atoms with van der Waals surface area (Å²) in [4.78, 5) is 78.7. The minimum atomic E-state index is -1.23. The van der Waals surface area contributed by atoms with Gasteiger partial charge in [-0.25, -0.2) is 0 Å². The molecule has 12 nitrogen and oxygen atoms in total. The van der Waals surface area contributed by atoms with E-state index in [1.54, 1.807) is 11.4 Å². The van der Waals surface area contributed by atoms with Crippen molar-refractivity contribution in [2.24, 2.45) is 17.8 Å². The highest BCUT2D eigenvalue weighted by Crippen LogP contribution is 2.39. The van der Waals surface area contributed by atoms with E-state index in [0.29, 0.717) is 27.1 Å². The normalized spacial score (nSPS) is 22.2. The van der Waals surface area contributed by atoms with Gasteiger partial charge in [-0.15, -0.1) is 11.3 Å². The van der Waals surface area contributed by atoms with Crippen molar-refractivity contribution in [3.8, 4) is 0 Å². The molecule has 4 rings (SSSR count). The minimum Gasteiger partial charge on any atom is -0.353 e. The topological polar surface area (TPSA) is 159 Å². The number of pyridine rings is 1. The lowest BCUT2D eigenvalue weighted by Gasteiger charge is -2.48. The number of likely N-dealkylation sites (N-methyl/N-ethyl adjacent to an activating group) is 1. The Labute approximate surface area is 262 Å². The molecule has 1 saturated carbocycles. The van der Waals surface area contributed by atoms with Gasteiger partial charge >= 0.3 is 0 Å². The number of ketones is 1. The van der Waals surface area contributed by atoms with E-state index in [1.807, 2.05) is 7.05 Å². The van der Waals surface area contributed by atoms with Gasteiger partial charge in [0.25, 0.3) is 17.4 Å². The van der Waals surface area contributed by atoms with Crippen LogP contribution in [0, 0.1) is 17.8 Å². The van der Waals surface area contributed by atoms with Crippen LogP contribution >= 0.6 is 27.3 Å². The number of thiophene rings is 1. The SMILES string of the molecule is CNC(=O)C(=O)CC[C@H](NC(=O)c1sccc1Br)C(=O)Nc1cccn(CC(=O)NC2C3CC(C)CC(C3)CN2C)c1=O. The average Bonchev–Trinajstić information content (AvgIpc) is 3.40. The molecule has 2 bridgehead atoms. The summed E-state index contributed by atoms with van der Waals surface area (Å²) in [7, 11) is 3.33. The predicted molar refractivity (Wildman–Crippen MR) is 165 cm³/mol. The van der Waals surface area contributed by atoms with Crippen molar-refractivity contribution in [1.82, 2.24) is 25.4 Å². The lowest BCUT2D eigenvalue weighted by Crippen LogP contribution is -2.58. The molecule has 1 aliphatic heterocycles. The molecule has 5 atom stereocenters. The lowest BCUT2D eigenvalue weighted by atomic mass is 9.71. The highest BCUT2D eigenvalue weighted by molar-refractivity contribution is 9.10. The third-order valence-electron chi connectivity index (χ3n) is 8.03. The molecule has 4 amide bonds. The van der Waals surface area contributed by atoms with Crippen LogP contribution < -0.4 is 26.8 Å². The third kappa shape index (κ3) is 8.18. The van der Waals surface area contributed by atoms with Crippen molar-refractivity contribution < 1.29 is 24.0 Å². The summed E-state index contributed by atoms with van der Waals surface area (Å²) in [5.41, 5.74) is -0.685. The van der Waals surface area contributed by atoms with Gasteiger partial charge in [0.1, 0.15) is 23.2 Å². The smallest absolute Gasteiger partial charge is 0.287 e. The first-order valence-corrected chi connectivity index (χ1v) is 15.9. The molecule has 232 valence electrons. The molecule has 2 aromatic heterocycles. The second-order valence-electron chi connectivity index (χ2n) is 11.4. The standard InChI is InChI=1S/C29H37BrN6O6S/c1-16-11-17-13-18(12-16)25(35(3)14-17)34-23(38)15-36-9-4-5-21(29(36)42)33-26(39)20(6-7-22(37)27(40)31-2)32-28(41)24-19(30)8-10-43-24/h4-5,8-10,16-18,20,25H,6-7,11-15H2,1-3H3,(H,31,40)(H,32,41)(H,33,39)(H,34,38)/t16?,17?,18?,20-,25?/m0/s1. The van der Waals surface area contributed by atoms with E-state index in [1.165, 1.54) is 36.4 Å². The van der Waals surface area contributed by atoms with Gasteiger partial charge in [0.2, 0.25) is 17.6 Å². The summed E-state index contributed by atoms with van der Waals surface area (Å²) in [5, 5.41) is 12.2. The zero-order valence-corrected chi connectivity index (χ0v) is 26.8. The number of hydrogen-bond acceptors (Lipinski definition) is 8. The fourth-order valence-electron chi connectivity index (χ4n) is 6.14. The number of Topliss-reactive ketones (excluding diaryl/α,β-unsaturated/α-hetero) is 1. The molecule has 1 saturated heterocycles. The van der Waals surface area contributed by atoms with Gasteiger partial charge in [-0.2, -0.15) is 0 Å². The quantitative estimate of drug-likeness (QED) is 0.265.